The van der Waals surface area contributed by atoms with E-state index >= 15 is 0 Å². The summed E-state index contributed by atoms with van der Waals surface area (Å²) in [5.74, 6) is 0. The van der Waals surface area contributed by atoms with Crippen LogP contribution in [0.4, 0.5) is 5.69 Å². The third kappa shape index (κ3) is 2.88. The summed E-state index contributed by atoms with van der Waals surface area (Å²) in [4.78, 5) is 2.06. The van der Waals surface area contributed by atoms with Gasteiger partial charge in [-0.2, -0.15) is 0 Å². The number of benzene rings is 1. The van der Waals surface area contributed by atoms with Crippen molar-refractivity contribution in [2.45, 2.75) is 26.2 Å². The predicted molar refractivity (Wildman–Crippen MR) is 72.2 cm³/mol. The number of anilines is 1. The Bertz CT molecular complexity index is 367. The molecule has 0 aliphatic carbocycles. The molecule has 1 aromatic rings. The molecular formula is C12H17BrClN. The molecule has 0 amide bonds. The minimum Gasteiger partial charge on any atom is -0.376 e. The lowest BCUT2D eigenvalue weighted by Gasteiger charge is -2.28. The van der Waals surface area contributed by atoms with Gasteiger partial charge >= 0.3 is 0 Å². The zero-order valence-electron chi connectivity index (χ0n) is 9.86. The van der Waals surface area contributed by atoms with Gasteiger partial charge < -0.3 is 4.90 Å². The fraction of sp³-hybridized carbons (Fsp3) is 0.500. The van der Waals surface area contributed by atoms with E-state index in [1.807, 2.05) is 20.2 Å². The highest BCUT2D eigenvalue weighted by Gasteiger charge is 2.21. The molecule has 0 unspecified atom stereocenters. The minimum atomic E-state index is 0.0903. The standard InChI is InChI=1S/C12H17BrClN/c1-12(2,3)9-6-8(13)7-10(14)11(9)15(4)5/h6-7H,1-5H3. The highest BCUT2D eigenvalue weighted by Crippen LogP contribution is 2.38. The molecule has 0 N–H and O–H groups in total. The smallest absolute Gasteiger partial charge is 0.0653 e. The van der Waals surface area contributed by atoms with Crippen LogP contribution < -0.4 is 4.90 Å². The average molecular weight is 291 g/mol. The molecule has 3 heteroatoms. The van der Waals surface area contributed by atoms with E-state index in [4.69, 9.17) is 11.6 Å². The summed E-state index contributed by atoms with van der Waals surface area (Å²) < 4.78 is 1.03. The van der Waals surface area contributed by atoms with Gasteiger partial charge in [-0.25, -0.2) is 0 Å². The normalized spacial score (nSPS) is 11.7. The van der Waals surface area contributed by atoms with Crippen LogP contribution in [0.25, 0.3) is 0 Å². The van der Waals surface area contributed by atoms with E-state index in [-0.39, 0.29) is 5.41 Å². The fourth-order valence-corrected chi connectivity index (χ4v) is 2.57. The molecule has 0 aliphatic rings. The van der Waals surface area contributed by atoms with Crippen LogP contribution in [-0.4, -0.2) is 14.1 Å². The van der Waals surface area contributed by atoms with Crippen molar-refractivity contribution in [2.24, 2.45) is 0 Å². The van der Waals surface area contributed by atoms with Gasteiger partial charge in [0.05, 0.1) is 10.7 Å². The second-order valence-corrected chi connectivity index (χ2v) is 6.25. The second kappa shape index (κ2) is 4.34. The Morgan fingerprint density at radius 1 is 1.20 bits per heavy atom. The van der Waals surface area contributed by atoms with Crippen molar-refractivity contribution in [1.82, 2.24) is 0 Å². The average Bonchev–Trinajstić information content (AvgIpc) is 1.99. The largest absolute Gasteiger partial charge is 0.376 e. The van der Waals surface area contributed by atoms with Gasteiger partial charge in [-0.3, -0.25) is 0 Å². The molecule has 15 heavy (non-hydrogen) atoms. The van der Waals surface area contributed by atoms with Crippen LogP contribution in [0.2, 0.25) is 5.02 Å². The molecule has 0 aromatic heterocycles. The van der Waals surface area contributed by atoms with Crippen molar-refractivity contribution >= 4 is 33.2 Å². The quantitative estimate of drug-likeness (QED) is 0.738. The van der Waals surface area contributed by atoms with Crippen LogP contribution in [0.5, 0.6) is 0 Å². The third-order valence-corrected chi connectivity index (χ3v) is 3.03. The molecule has 0 bridgehead atoms. The van der Waals surface area contributed by atoms with E-state index in [1.54, 1.807) is 0 Å². The van der Waals surface area contributed by atoms with Crippen molar-refractivity contribution in [3.05, 3.63) is 27.2 Å². The molecule has 0 heterocycles. The SMILES string of the molecule is CN(C)c1c(Cl)cc(Br)cc1C(C)(C)C. The van der Waals surface area contributed by atoms with E-state index < -0.39 is 0 Å². The number of hydrogen-bond acceptors (Lipinski definition) is 1. The first-order valence-electron chi connectivity index (χ1n) is 4.90. The van der Waals surface area contributed by atoms with E-state index in [0.29, 0.717) is 0 Å². The Morgan fingerprint density at radius 3 is 2.13 bits per heavy atom. The van der Waals surface area contributed by atoms with Crippen LogP contribution in [-0.2, 0) is 5.41 Å². The van der Waals surface area contributed by atoms with Crippen molar-refractivity contribution in [3.8, 4) is 0 Å². The predicted octanol–water partition coefficient (Wildman–Crippen LogP) is 4.47. The van der Waals surface area contributed by atoms with E-state index in [0.717, 1.165) is 15.2 Å². The highest BCUT2D eigenvalue weighted by molar-refractivity contribution is 9.10. The molecule has 0 fully saturated rings. The lowest BCUT2D eigenvalue weighted by Crippen LogP contribution is -2.19. The summed E-state index contributed by atoms with van der Waals surface area (Å²) in [6.07, 6.45) is 0. The Kier molecular flexibility index (Phi) is 3.72. The van der Waals surface area contributed by atoms with Crippen molar-refractivity contribution in [3.63, 3.8) is 0 Å². The summed E-state index contributed by atoms with van der Waals surface area (Å²) >= 11 is 9.75. The van der Waals surface area contributed by atoms with Gasteiger partial charge in [0.15, 0.2) is 0 Å². The molecule has 1 nitrogen and oxygen atoms in total. The molecular weight excluding hydrogens is 273 g/mol. The number of nitrogens with zero attached hydrogens (tertiary/aromatic N) is 1. The van der Waals surface area contributed by atoms with E-state index in [2.05, 4.69) is 47.7 Å². The van der Waals surface area contributed by atoms with Gasteiger partial charge in [0.2, 0.25) is 0 Å². The maximum atomic E-state index is 6.26. The maximum absolute atomic E-state index is 6.26. The van der Waals surface area contributed by atoms with Crippen LogP contribution in [0.15, 0.2) is 16.6 Å². The summed E-state index contributed by atoms with van der Waals surface area (Å²) in [6, 6.07) is 4.08. The van der Waals surface area contributed by atoms with Crippen LogP contribution in [0.1, 0.15) is 26.3 Å². The molecule has 1 aromatic carbocycles. The summed E-state index contributed by atoms with van der Waals surface area (Å²) in [6.45, 7) is 6.58. The lowest BCUT2D eigenvalue weighted by atomic mass is 9.85. The van der Waals surface area contributed by atoms with Gasteiger partial charge in [-0.15, -0.1) is 0 Å². The molecule has 0 atom stereocenters. The van der Waals surface area contributed by atoms with Crippen molar-refractivity contribution in [2.75, 3.05) is 19.0 Å². The van der Waals surface area contributed by atoms with Gasteiger partial charge in [0, 0.05) is 18.6 Å². The Morgan fingerprint density at radius 2 is 1.73 bits per heavy atom. The summed E-state index contributed by atoms with van der Waals surface area (Å²) in [7, 11) is 4.04. The monoisotopic (exact) mass is 289 g/mol. The third-order valence-electron chi connectivity index (χ3n) is 2.28. The zero-order chi connectivity index (χ0) is 11.8. The van der Waals surface area contributed by atoms with Crippen LogP contribution >= 0.6 is 27.5 Å². The summed E-state index contributed by atoms with van der Waals surface area (Å²) in [5.41, 5.74) is 2.45. The number of rotatable bonds is 1. The highest BCUT2D eigenvalue weighted by atomic mass is 79.9. The van der Waals surface area contributed by atoms with Gasteiger partial charge in [0.1, 0.15) is 0 Å². The van der Waals surface area contributed by atoms with Crippen molar-refractivity contribution in [1.29, 1.82) is 0 Å². The number of hydrogen-bond donors (Lipinski definition) is 0. The summed E-state index contributed by atoms with van der Waals surface area (Å²) in [5, 5.41) is 0.791. The molecule has 0 saturated carbocycles. The van der Waals surface area contributed by atoms with Gasteiger partial charge in [-0.05, 0) is 23.1 Å². The Hall–Kier alpha value is -0.210. The Balaban J connectivity index is 3.47. The van der Waals surface area contributed by atoms with E-state index in [9.17, 15) is 0 Å². The fourth-order valence-electron chi connectivity index (χ4n) is 1.59. The van der Waals surface area contributed by atoms with Gasteiger partial charge in [0.25, 0.3) is 0 Å². The second-order valence-electron chi connectivity index (χ2n) is 4.93. The van der Waals surface area contributed by atoms with Gasteiger partial charge in [-0.1, -0.05) is 48.3 Å². The van der Waals surface area contributed by atoms with Crippen LogP contribution in [0, 0.1) is 0 Å². The zero-order valence-corrected chi connectivity index (χ0v) is 12.2. The topological polar surface area (TPSA) is 3.24 Å². The van der Waals surface area contributed by atoms with Crippen LogP contribution in [0.3, 0.4) is 0 Å². The molecule has 0 saturated heterocycles. The molecule has 84 valence electrons. The molecule has 1 rings (SSSR count). The first-order valence-corrected chi connectivity index (χ1v) is 6.07. The molecule has 0 radical (unpaired) electrons. The van der Waals surface area contributed by atoms with E-state index in [1.165, 1.54) is 5.56 Å². The first kappa shape index (κ1) is 12.9. The Labute approximate surface area is 106 Å². The molecule has 0 spiro atoms. The van der Waals surface area contributed by atoms with Crippen molar-refractivity contribution < 1.29 is 0 Å². The maximum Gasteiger partial charge on any atom is 0.0653 e. The first-order chi connectivity index (χ1) is 6.73. The lowest BCUT2D eigenvalue weighted by molar-refractivity contribution is 0.589. The molecule has 0 aliphatic heterocycles. The number of halogens is 2. The minimum absolute atomic E-state index is 0.0903.